The van der Waals surface area contributed by atoms with E-state index >= 15 is 0 Å². The Kier molecular flexibility index (Phi) is 3.06. The molecule has 1 saturated heterocycles. The zero-order valence-corrected chi connectivity index (χ0v) is 11.2. The summed E-state index contributed by atoms with van der Waals surface area (Å²) < 4.78 is 1.18. The summed E-state index contributed by atoms with van der Waals surface area (Å²) in [6.07, 6.45) is 0. The molecule has 4 heteroatoms. The summed E-state index contributed by atoms with van der Waals surface area (Å²) >= 11 is 1.59. The molecule has 2 aromatic rings. The third-order valence-electron chi connectivity index (χ3n) is 3.29. The second-order valence-electron chi connectivity index (χ2n) is 4.75. The van der Waals surface area contributed by atoms with Crippen LogP contribution in [0.15, 0.2) is 30.3 Å². The van der Waals surface area contributed by atoms with Gasteiger partial charge >= 0.3 is 0 Å². The van der Waals surface area contributed by atoms with Gasteiger partial charge < -0.3 is 10.2 Å². The van der Waals surface area contributed by atoms with E-state index in [-0.39, 0.29) is 5.91 Å². The van der Waals surface area contributed by atoms with Crippen molar-refractivity contribution in [2.24, 2.45) is 0 Å². The number of nitrogens with one attached hydrogen (secondary N) is 1. The molecule has 1 aromatic heterocycles. The Balaban J connectivity index is 1.87. The van der Waals surface area contributed by atoms with E-state index in [1.807, 2.05) is 23.1 Å². The summed E-state index contributed by atoms with van der Waals surface area (Å²) in [4.78, 5) is 15.2. The third kappa shape index (κ3) is 2.13. The Labute approximate surface area is 110 Å². The number of carbonyl (C=O) groups is 1. The van der Waals surface area contributed by atoms with Crippen molar-refractivity contribution in [2.75, 3.05) is 19.6 Å². The van der Waals surface area contributed by atoms with Crippen LogP contribution >= 0.6 is 11.3 Å². The molecule has 1 amide bonds. The highest BCUT2D eigenvalue weighted by atomic mass is 32.1. The first-order valence-corrected chi connectivity index (χ1v) is 7.07. The van der Waals surface area contributed by atoms with Crippen LogP contribution in [0.2, 0.25) is 0 Å². The third-order valence-corrected chi connectivity index (χ3v) is 4.40. The van der Waals surface area contributed by atoms with Gasteiger partial charge in [0.25, 0.3) is 5.91 Å². The molecule has 3 nitrogen and oxygen atoms in total. The molecule has 0 radical (unpaired) electrons. The van der Waals surface area contributed by atoms with Gasteiger partial charge in [0.2, 0.25) is 0 Å². The Bertz CT molecular complexity index is 545. The first-order chi connectivity index (χ1) is 8.74. The summed E-state index contributed by atoms with van der Waals surface area (Å²) in [6, 6.07) is 10.5. The van der Waals surface area contributed by atoms with Gasteiger partial charge in [-0.3, -0.25) is 4.79 Å². The number of benzene rings is 1. The van der Waals surface area contributed by atoms with Crippen LogP contribution in [0.4, 0.5) is 0 Å². The van der Waals surface area contributed by atoms with Crippen molar-refractivity contribution in [1.29, 1.82) is 0 Å². The zero-order chi connectivity index (χ0) is 12.5. The first-order valence-electron chi connectivity index (χ1n) is 6.25. The smallest absolute Gasteiger partial charge is 0.264 e. The van der Waals surface area contributed by atoms with Crippen molar-refractivity contribution >= 4 is 27.3 Å². The highest BCUT2D eigenvalue weighted by Crippen LogP contribution is 2.26. The molecule has 94 valence electrons. The maximum atomic E-state index is 12.4. The van der Waals surface area contributed by atoms with Crippen molar-refractivity contribution in [3.63, 3.8) is 0 Å². The summed E-state index contributed by atoms with van der Waals surface area (Å²) in [6.45, 7) is 4.60. The Morgan fingerprint density at radius 3 is 3.06 bits per heavy atom. The molecule has 1 atom stereocenters. The summed E-state index contributed by atoms with van der Waals surface area (Å²) in [5.74, 6) is 0.171. The minimum absolute atomic E-state index is 0.171. The summed E-state index contributed by atoms with van der Waals surface area (Å²) in [5, 5.41) is 4.52. The van der Waals surface area contributed by atoms with Crippen LogP contribution in [0.25, 0.3) is 10.1 Å². The van der Waals surface area contributed by atoms with Gasteiger partial charge in [0, 0.05) is 30.4 Å². The number of hydrogen-bond acceptors (Lipinski definition) is 3. The summed E-state index contributed by atoms with van der Waals surface area (Å²) in [5.41, 5.74) is 0. The Morgan fingerprint density at radius 2 is 2.28 bits per heavy atom. The fourth-order valence-corrected chi connectivity index (χ4v) is 3.39. The number of rotatable bonds is 1. The monoisotopic (exact) mass is 260 g/mol. The quantitative estimate of drug-likeness (QED) is 0.853. The van der Waals surface area contributed by atoms with Crippen LogP contribution in [-0.2, 0) is 0 Å². The number of carbonyl (C=O) groups excluding carboxylic acids is 1. The van der Waals surface area contributed by atoms with Gasteiger partial charge in [-0.15, -0.1) is 11.3 Å². The number of hydrogen-bond donors (Lipinski definition) is 1. The first kappa shape index (κ1) is 11.7. The van der Waals surface area contributed by atoms with E-state index in [2.05, 4.69) is 24.4 Å². The molecule has 1 aliphatic rings. The van der Waals surface area contributed by atoms with Gasteiger partial charge in [-0.2, -0.15) is 0 Å². The molecule has 0 aliphatic carbocycles. The van der Waals surface area contributed by atoms with Gasteiger partial charge in [0.15, 0.2) is 0 Å². The number of piperazine rings is 1. The highest BCUT2D eigenvalue weighted by Gasteiger charge is 2.22. The average molecular weight is 260 g/mol. The second-order valence-corrected chi connectivity index (χ2v) is 5.84. The maximum absolute atomic E-state index is 12.4. The standard InChI is InChI=1S/C14H16N2OS/c1-10-9-16(7-6-15-10)14(17)13-8-11-4-2-3-5-12(11)18-13/h2-5,8,10,15H,6-7,9H2,1H3. The van der Waals surface area contributed by atoms with Crippen LogP contribution in [0, 0.1) is 0 Å². The van der Waals surface area contributed by atoms with Gasteiger partial charge in [-0.1, -0.05) is 18.2 Å². The molecule has 1 aliphatic heterocycles. The highest BCUT2D eigenvalue weighted by molar-refractivity contribution is 7.20. The minimum Gasteiger partial charge on any atom is -0.335 e. The Morgan fingerprint density at radius 1 is 1.44 bits per heavy atom. The lowest BCUT2D eigenvalue weighted by Gasteiger charge is -2.31. The van der Waals surface area contributed by atoms with Gasteiger partial charge in [0.05, 0.1) is 4.88 Å². The fourth-order valence-electron chi connectivity index (χ4n) is 2.36. The van der Waals surface area contributed by atoms with Crippen LogP contribution < -0.4 is 5.32 Å². The number of nitrogens with zero attached hydrogens (tertiary/aromatic N) is 1. The molecular formula is C14H16N2OS. The Hall–Kier alpha value is -1.39. The van der Waals surface area contributed by atoms with Crippen LogP contribution in [0.1, 0.15) is 16.6 Å². The molecule has 3 rings (SSSR count). The molecular weight excluding hydrogens is 244 g/mol. The SMILES string of the molecule is CC1CN(C(=O)c2cc3ccccc3s2)CCN1. The van der Waals surface area contributed by atoms with E-state index in [4.69, 9.17) is 0 Å². The van der Waals surface area contributed by atoms with Gasteiger partial charge in [-0.05, 0) is 24.4 Å². The molecule has 1 N–H and O–H groups in total. The topological polar surface area (TPSA) is 32.3 Å². The average Bonchev–Trinajstić information content (AvgIpc) is 2.81. The van der Waals surface area contributed by atoms with E-state index in [1.165, 1.54) is 4.70 Å². The molecule has 0 bridgehead atoms. The number of fused-ring (bicyclic) bond motifs is 1. The van der Waals surface area contributed by atoms with Crippen molar-refractivity contribution in [1.82, 2.24) is 10.2 Å². The largest absolute Gasteiger partial charge is 0.335 e. The van der Waals surface area contributed by atoms with E-state index in [0.717, 1.165) is 29.9 Å². The molecule has 2 heterocycles. The summed E-state index contributed by atoms with van der Waals surface area (Å²) in [7, 11) is 0. The van der Waals surface area contributed by atoms with Gasteiger partial charge in [0.1, 0.15) is 0 Å². The van der Waals surface area contributed by atoms with Gasteiger partial charge in [-0.25, -0.2) is 0 Å². The van der Waals surface area contributed by atoms with Crippen LogP contribution in [0.5, 0.6) is 0 Å². The van der Waals surface area contributed by atoms with E-state index in [0.29, 0.717) is 6.04 Å². The molecule has 1 unspecified atom stereocenters. The van der Waals surface area contributed by atoms with Crippen molar-refractivity contribution in [3.05, 3.63) is 35.2 Å². The predicted molar refractivity (Wildman–Crippen MR) is 75.2 cm³/mol. The zero-order valence-electron chi connectivity index (χ0n) is 10.3. The molecule has 0 spiro atoms. The number of amides is 1. The lowest BCUT2D eigenvalue weighted by atomic mass is 10.2. The van der Waals surface area contributed by atoms with Crippen molar-refractivity contribution in [3.8, 4) is 0 Å². The molecule has 0 saturated carbocycles. The second kappa shape index (κ2) is 4.71. The van der Waals surface area contributed by atoms with E-state index < -0.39 is 0 Å². The molecule has 1 aromatic carbocycles. The fraction of sp³-hybridized carbons (Fsp3) is 0.357. The van der Waals surface area contributed by atoms with Crippen LogP contribution in [-0.4, -0.2) is 36.5 Å². The molecule has 1 fully saturated rings. The predicted octanol–water partition coefficient (Wildman–Crippen LogP) is 2.34. The maximum Gasteiger partial charge on any atom is 0.264 e. The minimum atomic E-state index is 0.171. The van der Waals surface area contributed by atoms with Crippen LogP contribution in [0.3, 0.4) is 0 Å². The number of thiophene rings is 1. The van der Waals surface area contributed by atoms with E-state index in [1.54, 1.807) is 11.3 Å². The van der Waals surface area contributed by atoms with E-state index in [9.17, 15) is 4.79 Å². The van der Waals surface area contributed by atoms with Crippen molar-refractivity contribution in [2.45, 2.75) is 13.0 Å². The molecule has 18 heavy (non-hydrogen) atoms. The normalized spacial score (nSPS) is 20.3. The van der Waals surface area contributed by atoms with Crippen molar-refractivity contribution < 1.29 is 4.79 Å². The lowest BCUT2D eigenvalue weighted by molar-refractivity contribution is 0.0714. The lowest BCUT2D eigenvalue weighted by Crippen LogP contribution is -2.51.